The van der Waals surface area contributed by atoms with E-state index in [4.69, 9.17) is 0 Å². The van der Waals surface area contributed by atoms with E-state index in [1.165, 1.54) is 46.7 Å². The summed E-state index contributed by atoms with van der Waals surface area (Å²) in [5.41, 5.74) is 3.17. The predicted molar refractivity (Wildman–Crippen MR) is 137 cm³/mol. The number of aromatic hydroxyl groups is 1. The standard InChI is InChI=1S/C25H18N6O4S/c1-15-19(24(33)30(28-15)25-29(2)21-5-3-4-6-23(21)36-25)13-16-7-12-22(32)20(14-16)27-26-17-8-10-18(11-9-17)31(34)35/h3-14H,1-2H3/p+1. The van der Waals surface area contributed by atoms with E-state index in [1.807, 2.05) is 35.9 Å². The number of benzene rings is 3. The van der Waals surface area contributed by atoms with Crippen LogP contribution >= 0.6 is 11.3 Å². The number of nitro groups is 1. The number of phenols is 1. The van der Waals surface area contributed by atoms with Gasteiger partial charge in [0.2, 0.25) is 0 Å². The van der Waals surface area contributed by atoms with Gasteiger partial charge in [-0.2, -0.15) is 5.11 Å². The number of non-ortho nitro benzene ring substituents is 1. The van der Waals surface area contributed by atoms with Crippen molar-refractivity contribution in [1.29, 1.82) is 0 Å². The molecule has 0 radical (unpaired) electrons. The summed E-state index contributed by atoms with van der Waals surface area (Å²) >= 11 is 1.48. The van der Waals surface area contributed by atoms with Gasteiger partial charge in [-0.15, -0.1) is 5.11 Å². The van der Waals surface area contributed by atoms with Crippen molar-refractivity contribution in [3.05, 3.63) is 88.0 Å². The lowest BCUT2D eigenvalue weighted by Gasteiger charge is -2.02. The molecule has 1 N–H and O–H groups in total. The van der Waals surface area contributed by atoms with Gasteiger partial charge in [-0.1, -0.05) is 23.3 Å². The number of aryl methyl sites for hydroxylation is 1. The number of rotatable bonds is 5. The molecule has 0 saturated heterocycles. The summed E-state index contributed by atoms with van der Waals surface area (Å²) in [5.74, 6) is -0.346. The monoisotopic (exact) mass is 499 g/mol. The molecule has 0 saturated carbocycles. The third-order valence-corrected chi connectivity index (χ3v) is 6.80. The number of anilines is 1. The fourth-order valence-corrected chi connectivity index (χ4v) is 4.82. The molecule has 0 bridgehead atoms. The summed E-state index contributed by atoms with van der Waals surface area (Å²) in [5, 5.41) is 35.7. The normalized spacial score (nSPS) is 14.8. The van der Waals surface area contributed by atoms with Crippen molar-refractivity contribution >= 4 is 61.4 Å². The quantitative estimate of drug-likeness (QED) is 0.127. The number of thiazole rings is 1. The minimum absolute atomic E-state index is 0.0537. The van der Waals surface area contributed by atoms with Crippen molar-refractivity contribution < 1.29 is 19.4 Å². The second-order valence-corrected chi connectivity index (χ2v) is 9.00. The zero-order valence-electron chi connectivity index (χ0n) is 19.2. The Hall–Kier alpha value is -4.77. The van der Waals surface area contributed by atoms with Crippen molar-refractivity contribution in [1.82, 2.24) is 0 Å². The second kappa shape index (κ2) is 9.12. The molecular weight excluding hydrogens is 480 g/mol. The predicted octanol–water partition coefficient (Wildman–Crippen LogP) is 5.56. The van der Waals surface area contributed by atoms with Crippen LogP contribution in [-0.4, -0.2) is 21.6 Å². The molecular formula is C25H19N6O4S+. The summed E-state index contributed by atoms with van der Waals surface area (Å²) in [7, 11) is 1.90. The number of amides is 1. The molecule has 2 heterocycles. The number of para-hydroxylation sites is 1. The first-order valence-electron chi connectivity index (χ1n) is 10.8. The summed E-state index contributed by atoms with van der Waals surface area (Å²) in [6.45, 7) is 1.77. The van der Waals surface area contributed by atoms with E-state index in [1.54, 1.807) is 25.1 Å². The first kappa shape index (κ1) is 23.0. The Morgan fingerprint density at radius 1 is 1.11 bits per heavy atom. The summed E-state index contributed by atoms with van der Waals surface area (Å²) in [6, 6.07) is 18.2. The largest absolute Gasteiger partial charge is 0.506 e. The highest BCUT2D eigenvalue weighted by atomic mass is 32.1. The lowest BCUT2D eigenvalue weighted by molar-refractivity contribution is -0.627. The SMILES string of the molecule is CC1=NN(c2sc3ccccc3[n+]2C)C(=O)/C1=C/c1ccc(O)c(N=Nc2ccc([N+](=O)[O-])cc2)c1. The van der Waals surface area contributed by atoms with Crippen LogP contribution in [0.15, 0.2) is 87.6 Å². The number of hydrogen-bond donors (Lipinski definition) is 1. The highest BCUT2D eigenvalue weighted by molar-refractivity contribution is 7.21. The Bertz CT molecular complexity index is 1620. The van der Waals surface area contributed by atoms with E-state index >= 15 is 0 Å². The first-order chi connectivity index (χ1) is 17.3. The van der Waals surface area contributed by atoms with Crippen molar-refractivity contribution in [3.63, 3.8) is 0 Å². The third kappa shape index (κ3) is 4.23. The zero-order valence-corrected chi connectivity index (χ0v) is 20.0. The Kier molecular flexibility index (Phi) is 5.82. The molecule has 5 rings (SSSR count). The number of hydrogen-bond acceptors (Lipinski definition) is 8. The number of azo groups is 1. The number of nitrogens with zero attached hydrogens (tertiary/aromatic N) is 6. The molecule has 1 aliphatic heterocycles. The minimum Gasteiger partial charge on any atom is -0.506 e. The van der Waals surface area contributed by atoms with Crippen LogP contribution in [0.1, 0.15) is 12.5 Å². The maximum absolute atomic E-state index is 13.3. The van der Waals surface area contributed by atoms with Gasteiger partial charge in [-0.05, 0) is 71.3 Å². The molecule has 11 heteroatoms. The average molecular weight is 500 g/mol. The minimum atomic E-state index is -0.499. The molecule has 10 nitrogen and oxygen atoms in total. The number of aromatic nitrogens is 1. The first-order valence-corrected chi connectivity index (χ1v) is 11.6. The van der Waals surface area contributed by atoms with Crippen LogP contribution < -0.4 is 9.58 Å². The molecule has 1 aromatic heterocycles. The molecule has 1 aliphatic rings. The molecule has 1 amide bonds. The number of fused-ring (bicyclic) bond motifs is 1. The van der Waals surface area contributed by atoms with E-state index < -0.39 is 4.92 Å². The number of nitro benzene ring substituents is 1. The smallest absolute Gasteiger partial charge is 0.370 e. The van der Waals surface area contributed by atoms with E-state index in [0.717, 1.165) is 10.2 Å². The van der Waals surface area contributed by atoms with E-state index in [-0.39, 0.29) is 23.0 Å². The molecule has 0 unspecified atom stereocenters. The van der Waals surface area contributed by atoms with Gasteiger partial charge in [-0.25, -0.2) is 9.36 Å². The maximum atomic E-state index is 13.3. The van der Waals surface area contributed by atoms with Crippen LogP contribution in [0.3, 0.4) is 0 Å². The molecule has 0 aliphatic carbocycles. The van der Waals surface area contributed by atoms with Crippen molar-refractivity contribution in [2.45, 2.75) is 6.92 Å². The Morgan fingerprint density at radius 2 is 1.86 bits per heavy atom. The van der Waals surface area contributed by atoms with Gasteiger partial charge in [0.15, 0.2) is 0 Å². The van der Waals surface area contributed by atoms with Crippen molar-refractivity contribution in [2.24, 2.45) is 22.4 Å². The van der Waals surface area contributed by atoms with Crippen molar-refractivity contribution in [2.75, 3.05) is 5.01 Å². The van der Waals surface area contributed by atoms with E-state index in [0.29, 0.717) is 27.7 Å². The van der Waals surface area contributed by atoms with Crippen LogP contribution in [0.4, 0.5) is 22.2 Å². The molecule has 4 aromatic rings. The van der Waals surface area contributed by atoms with Gasteiger partial charge in [0.05, 0.1) is 33.6 Å². The third-order valence-electron chi connectivity index (χ3n) is 5.60. The van der Waals surface area contributed by atoms with Crippen LogP contribution in [-0.2, 0) is 11.8 Å². The molecule has 0 spiro atoms. The van der Waals surface area contributed by atoms with Gasteiger partial charge in [-0.3, -0.25) is 10.1 Å². The summed E-state index contributed by atoms with van der Waals surface area (Å²) in [4.78, 5) is 23.6. The molecule has 0 atom stereocenters. The fraction of sp³-hybridized carbons (Fsp3) is 0.0800. The van der Waals surface area contributed by atoms with Crippen LogP contribution in [0.25, 0.3) is 16.3 Å². The Labute approximate surface area is 208 Å². The maximum Gasteiger partial charge on any atom is 0.370 e. The Balaban J connectivity index is 1.42. The van der Waals surface area contributed by atoms with Crippen LogP contribution in [0.5, 0.6) is 5.75 Å². The highest BCUT2D eigenvalue weighted by Crippen LogP contribution is 2.33. The lowest BCUT2D eigenvalue weighted by Crippen LogP contribution is -2.36. The summed E-state index contributed by atoms with van der Waals surface area (Å²) < 4.78 is 2.99. The van der Waals surface area contributed by atoms with Crippen LogP contribution in [0, 0.1) is 10.1 Å². The van der Waals surface area contributed by atoms with Gasteiger partial charge in [0.1, 0.15) is 17.0 Å². The number of carbonyl (C=O) groups is 1. The average Bonchev–Trinajstić information content (AvgIpc) is 3.35. The topological polar surface area (TPSA) is 125 Å². The van der Waals surface area contributed by atoms with Gasteiger partial charge < -0.3 is 5.11 Å². The number of phenolic OH excluding ortho intramolecular Hbond substituents is 1. The molecule has 0 fully saturated rings. The fourth-order valence-electron chi connectivity index (χ4n) is 3.72. The number of hydrazone groups is 1. The Morgan fingerprint density at radius 3 is 2.58 bits per heavy atom. The van der Waals surface area contributed by atoms with Gasteiger partial charge in [0, 0.05) is 12.1 Å². The molecule has 3 aromatic carbocycles. The zero-order chi connectivity index (χ0) is 25.4. The van der Waals surface area contributed by atoms with E-state index in [9.17, 15) is 20.0 Å². The summed E-state index contributed by atoms with van der Waals surface area (Å²) in [6.07, 6.45) is 1.69. The molecule has 178 valence electrons. The second-order valence-electron chi connectivity index (χ2n) is 7.99. The number of carbonyl (C=O) groups excluding carboxylic acids is 1. The van der Waals surface area contributed by atoms with Crippen LogP contribution in [0.2, 0.25) is 0 Å². The van der Waals surface area contributed by atoms with Gasteiger partial charge >= 0.3 is 11.0 Å². The van der Waals surface area contributed by atoms with Gasteiger partial charge in [0.25, 0.3) is 5.69 Å². The van der Waals surface area contributed by atoms with Crippen molar-refractivity contribution in [3.8, 4) is 5.75 Å². The lowest BCUT2D eigenvalue weighted by atomic mass is 10.1. The molecule has 36 heavy (non-hydrogen) atoms. The highest BCUT2D eigenvalue weighted by Gasteiger charge is 2.39. The van der Waals surface area contributed by atoms with E-state index in [2.05, 4.69) is 15.3 Å².